The molecule has 1 N–H and O–H groups in total. The Kier molecular flexibility index (Phi) is 4.99. The van der Waals surface area contributed by atoms with Crippen molar-refractivity contribution in [2.45, 2.75) is 19.0 Å². The molecule has 1 amide bonds. The number of amides is 1. The lowest BCUT2D eigenvalue weighted by atomic mass is 9.78. The fourth-order valence-corrected chi connectivity index (χ4v) is 3.40. The fraction of sp³-hybridized carbons (Fsp3) is 0.400. The zero-order valence-electron chi connectivity index (χ0n) is 12.8. The van der Waals surface area contributed by atoms with Gasteiger partial charge in [0, 0.05) is 30.3 Å². The molecule has 1 saturated heterocycles. The number of benzene rings is 1. The summed E-state index contributed by atoms with van der Waals surface area (Å²) in [5.41, 5.74) is -1.93. The van der Waals surface area contributed by atoms with Crippen molar-refractivity contribution in [1.29, 1.82) is 0 Å². The summed E-state index contributed by atoms with van der Waals surface area (Å²) in [5, 5.41) is 2.66. The van der Waals surface area contributed by atoms with Gasteiger partial charge in [-0.05, 0) is 25.0 Å². The predicted octanol–water partition coefficient (Wildman–Crippen LogP) is 4.16. The minimum Gasteiger partial charge on any atom is -0.381 e. The number of nitrogens with zero attached hydrogens (tertiary/aromatic N) is 2. The highest BCUT2D eigenvalue weighted by atomic mass is 35.5. The molecule has 134 valence electrons. The summed E-state index contributed by atoms with van der Waals surface area (Å²) < 4.78 is 49.5. The maximum absolute atomic E-state index is 13.5. The highest BCUT2D eigenvalue weighted by Crippen LogP contribution is 2.46. The van der Waals surface area contributed by atoms with Gasteiger partial charge in [0.05, 0.1) is 5.02 Å². The summed E-state index contributed by atoms with van der Waals surface area (Å²) in [5.74, 6) is -0.885. The van der Waals surface area contributed by atoms with Gasteiger partial charge in [-0.15, -0.1) is 0 Å². The van der Waals surface area contributed by atoms with Gasteiger partial charge < -0.3 is 4.74 Å². The third kappa shape index (κ3) is 3.49. The Morgan fingerprint density at radius 2 is 1.96 bits per heavy atom. The first-order chi connectivity index (χ1) is 11.8. The zero-order chi connectivity index (χ0) is 18.1. The Bertz CT molecular complexity index is 775. The van der Waals surface area contributed by atoms with Crippen molar-refractivity contribution in [3.8, 4) is 11.4 Å². The Morgan fingerprint density at radius 3 is 2.60 bits per heavy atom. The van der Waals surface area contributed by atoms with E-state index in [2.05, 4.69) is 14.7 Å². The first-order valence-electron chi connectivity index (χ1n) is 7.38. The summed E-state index contributed by atoms with van der Waals surface area (Å²) >= 11 is 6.86. The average molecular weight is 392 g/mol. The lowest BCUT2D eigenvalue weighted by molar-refractivity contribution is -0.237. The predicted molar refractivity (Wildman–Crippen MR) is 87.5 cm³/mol. The largest absolute Gasteiger partial charge is 0.403 e. The molecule has 10 heteroatoms. The number of carbonyl (C=O) groups excluding carboxylic acids is 1. The number of anilines is 1. The van der Waals surface area contributed by atoms with Gasteiger partial charge >= 0.3 is 6.18 Å². The zero-order valence-corrected chi connectivity index (χ0v) is 14.3. The molecule has 0 unspecified atom stereocenters. The van der Waals surface area contributed by atoms with Gasteiger partial charge in [-0.25, -0.2) is 0 Å². The van der Waals surface area contributed by atoms with Gasteiger partial charge in [0.1, 0.15) is 5.41 Å². The molecule has 1 aliphatic heterocycles. The lowest BCUT2D eigenvalue weighted by Gasteiger charge is -2.36. The highest BCUT2D eigenvalue weighted by molar-refractivity contribution is 7.10. The number of hydrogen-bond acceptors (Lipinski definition) is 5. The van der Waals surface area contributed by atoms with Crippen LogP contribution in [0.1, 0.15) is 12.8 Å². The molecule has 0 aliphatic carbocycles. The van der Waals surface area contributed by atoms with E-state index < -0.39 is 30.3 Å². The van der Waals surface area contributed by atoms with Crippen LogP contribution in [0.4, 0.5) is 18.3 Å². The van der Waals surface area contributed by atoms with Crippen LogP contribution in [0.3, 0.4) is 0 Å². The molecule has 1 fully saturated rings. The lowest BCUT2D eigenvalue weighted by Crippen LogP contribution is -2.51. The van der Waals surface area contributed by atoms with Crippen LogP contribution in [-0.2, 0) is 9.53 Å². The molecular formula is C15H13ClF3N3O2S. The van der Waals surface area contributed by atoms with Crippen molar-refractivity contribution in [1.82, 2.24) is 9.36 Å². The topological polar surface area (TPSA) is 64.1 Å². The first kappa shape index (κ1) is 18.1. The number of aromatic nitrogens is 2. The van der Waals surface area contributed by atoms with Crippen LogP contribution in [0.25, 0.3) is 11.4 Å². The van der Waals surface area contributed by atoms with Gasteiger partial charge in [0.15, 0.2) is 5.82 Å². The van der Waals surface area contributed by atoms with Crippen molar-refractivity contribution in [2.24, 2.45) is 5.41 Å². The number of hydrogen-bond donors (Lipinski definition) is 1. The van der Waals surface area contributed by atoms with Crippen molar-refractivity contribution in [2.75, 3.05) is 18.5 Å². The molecule has 1 aliphatic rings. The molecule has 0 saturated carbocycles. The second-order valence-corrected chi connectivity index (χ2v) is 6.71. The number of rotatable bonds is 3. The Labute approximate surface area is 150 Å². The number of nitrogens with one attached hydrogen (secondary N) is 1. The summed E-state index contributed by atoms with van der Waals surface area (Å²) in [7, 11) is 0. The molecule has 3 rings (SSSR count). The van der Waals surface area contributed by atoms with Crippen LogP contribution in [0.15, 0.2) is 24.3 Å². The summed E-state index contributed by atoms with van der Waals surface area (Å²) in [6.07, 6.45) is -5.51. The van der Waals surface area contributed by atoms with E-state index >= 15 is 0 Å². The molecule has 25 heavy (non-hydrogen) atoms. The SMILES string of the molecule is O=C(Nc1nc(-c2ccccc2Cl)ns1)C1(C(F)(F)F)CCOCC1. The molecule has 0 spiro atoms. The second kappa shape index (κ2) is 6.89. The van der Waals surface area contributed by atoms with Crippen LogP contribution in [0, 0.1) is 5.41 Å². The third-order valence-corrected chi connectivity index (χ3v) is 5.04. The van der Waals surface area contributed by atoms with Crippen molar-refractivity contribution in [3.05, 3.63) is 29.3 Å². The summed E-state index contributed by atoms with van der Waals surface area (Å²) in [4.78, 5) is 16.5. The number of halogens is 4. The fourth-order valence-electron chi connectivity index (χ4n) is 2.60. The standard InChI is InChI=1S/C15H13ClF3N3O2S/c16-10-4-2-1-3-9(10)11-20-13(25-22-11)21-12(23)14(15(17,18)19)5-7-24-8-6-14/h1-4H,5-8H2,(H,20,21,22,23). The van der Waals surface area contributed by atoms with Crippen LogP contribution in [0.2, 0.25) is 5.02 Å². The molecule has 1 aromatic heterocycles. The number of alkyl halides is 3. The van der Waals surface area contributed by atoms with E-state index in [1.165, 1.54) is 0 Å². The maximum Gasteiger partial charge on any atom is 0.403 e. The molecule has 2 heterocycles. The van der Waals surface area contributed by atoms with Crippen LogP contribution in [-0.4, -0.2) is 34.7 Å². The van der Waals surface area contributed by atoms with E-state index in [1.54, 1.807) is 24.3 Å². The second-order valence-electron chi connectivity index (χ2n) is 5.55. The molecule has 0 atom stereocenters. The molecule has 5 nitrogen and oxygen atoms in total. The van der Waals surface area contributed by atoms with E-state index in [9.17, 15) is 18.0 Å². The first-order valence-corrected chi connectivity index (χ1v) is 8.53. The number of carbonyl (C=O) groups is 1. The monoisotopic (exact) mass is 391 g/mol. The van der Waals surface area contributed by atoms with Gasteiger partial charge in [-0.3, -0.25) is 10.1 Å². The normalized spacial score (nSPS) is 17.3. The number of ether oxygens (including phenoxy) is 1. The highest BCUT2D eigenvalue weighted by Gasteiger charge is 2.60. The van der Waals surface area contributed by atoms with E-state index in [1.807, 2.05) is 0 Å². The summed E-state index contributed by atoms with van der Waals surface area (Å²) in [6, 6.07) is 6.81. The van der Waals surface area contributed by atoms with E-state index in [0.29, 0.717) is 10.6 Å². The third-order valence-electron chi connectivity index (χ3n) is 4.08. The average Bonchev–Trinajstić information content (AvgIpc) is 3.03. The van der Waals surface area contributed by atoms with Crippen molar-refractivity contribution >= 4 is 34.2 Å². The van der Waals surface area contributed by atoms with Gasteiger partial charge in [-0.1, -0.05) is 23.7 Å². The molecule has 0 radical (unpaired) electrons. The van der Waals surface area contributed by atoms with Crippen molar-refractivity contribution < 1.29 is 22.7 Å². The summed E-state index contributed by atoms with van der Waals surface area (Å²) in [6.45, 7) is -0.234. The Hall–Kier alpha value is -1.71. The smallest absolute Gasteiger partial charge is 0.381 e. The quantitative estimate of drug-likeness (QED) is 0.853. The Balaban J connectivity index is 1.82. The molecule has 0 bridgehead atoms. The maximum atomic E-state index is 13.5. The van der Waals surface area contributed by atoms with Gasteiger partial charge in [0.25, 0.3) is 0 Å². The van der Waals surface area contributed by atoms with Crippen LogP contribution in [0.5, 0.6) is 0 Å². The van der Waals surface area contributed by atoms with E-state index in [0.717, 1.165) is 11.5 Å². The molecule has 1 aromatic carbocycles. The van der Waals surface area contributed by atoms with Crippen LogP contribution < -0.4 is 5.32 Å². The van der Waals surface area contributed by atoms with Gasteiger partial charge in [0.2, 0.25) is 11.0 Å². The van der Waals surface area contributed by atoms with Crippen LogP contribution >= 0.6 is 23.1 Å². The minimum absolute atomic E-state index is 0.00460. The molecular weight excluding hydrogens is 379 g/mol. The minimum atomic E-state index is -4.67. The van der Waals surface area contributed by atoms with Gasteiger partial charge in [-0.2, -0.15) is 22.5 Å². The van der Waals surface area contributed by atoms with E-state index in [-0.39, 0.29) is 24.2 Å². The molecule has 2 aromatic rings. The van der Waals surface area contributed by atoms with Crippen molar-refractivity contribution in [3.63, 3.8) is 0 Å². The van der Waals surface area contributed by atoms with E-state index in [4.69, 9.17) is 16.3 Å². The Morgan fingerprint density at radius 1 is 1.28 bits per heavy atom.